The molecule has 2 amide bonds. The number of para-hydroxylation sites is 1. The molecule has 0 unspecified atom stereocenters. The molecule has 1 aromatic rings. The summed E-state index contributed by atoms with van der Waals surface area (Å²) in [6.07, 6.45) is -0.355. The van der Waals surface area contributed by atoms with E-state index in [9.17, 15) is 19.7 Å². The maximum absolute atomic E-state index is 12.6. The van der Waals surface area contributed by atoms with Crippen LogP contribution in [0.4, 0.5) is 10.5 Å². The first-order chi connectivity index (χ1) is 11.8. The minimum Gasteiger partial charge on any atom is -0.459 e. The van der Waals surface area contributed by atoms with Gasteiger partial charge in [0.2, 0.25) is 0 Å². The number of esters is 1. The van der Waals surface area contributed by atoms with Crippen molar-refractivity contribution < 1.29 is 19.2 Å². The van der Waals surface area contributed by atoms with Gasteiger partial charge in [0.15, 0.2) is 0 Å². The highest BCUT2D eigenvalue weighted by molar-refractivity contribution is 5.95. The van der Waals surface area contributed by atoms with Crippen molar-refractivity contribution in [3.05, 3.63) is 51.2 Å². The summed E-state index contributed by atoms with van der Waals surface area (Å²) in [6.45, 7) is 7.21. The quantitative estimate of drug-likeness (QED) is 0.501. The Balaban J connectivity index is 2.62. The maximum Gasteiger partial charge on any atom is 0.338 e. The van der Waals surface area contributed by atoms with Crippen LogP contribution in [0.15, 0.2) is 35.5 Å². The van der Waals surface area contributed by atoms with Crippen LogP contribution in [0.3, 0.4) is 0 Å². The Hall–Kier alpha value is -2.90. The summed E-state index contributed by atoms with van der Waals surface area (Å²) in [7, 11) is 0. The maximum atomic E-state index is 12.6. The lowest BCUT2D eigenvalue weighted by Gasteiger charge is -2.34. The number of nitro benzene ring substituents is 1. The molecule has 25 heavy (non-hydrogen) atoms. The Kier molecular flexibility index (Phi) is 5.41. The van der Waals surface area contributed by atoms with Crippen molar-refractivity contribution in [2.24, 2.45) is 0 Å². The second-order valence-electron chi connectivity index (χ2n) is 5.90. The van der Waals surface area contributed by atoms with Crippen LogP contribution in [0.1, 0.15) is 39.3 Å². The van der Waals surface area contributed by atoms with E-state index in [0.29, 0.717) is 12.2 Å². The molecule has 0 radical (unpaired) electrons. The minimum atomic E-state index is -0.942. The molecule has 0 spiro atoms. The third kappa shape index (κ3) is 3.62. The zero-order valence-corrected chi connectivity index (χ0v) is 14.6. The normalized spacial score (nSPS) is 17.6. The van der Waals surface area contributed by atoms with Gasteiger partial charge in [0.25, 0.3) is 5.69 Å². The Morgan fingerprint density at radius 1 is 1.40 bits per heavy atom. The van der Waals surface area contributed by atoms with Gasteiger partial charge in [-0.2, -0.15) is 0 Å². The smallest absolute Gasteiger partial charge is 0.338 e. The molecule has 0 fully saturated rings. The summed E-state index contributed by atoms with van der Waals surface area (Å²) in [5, 5.41) is 14.0. The van der Waals surface area contributed by atoms with Crippen LogP contribution in [0.25, 0.3) is 0 Å². The Bertz CT molecular complexity index is 742. The summed E-state index contributed by atoms with van der Waals surface area (Å²) >= 11 is 0. The third-order valence-corrected chi connectivity index (χ3v) is 3.92. The van der Waals surface area contributed by atoms with Crippen molar-refractivity contribution >= 4 is 17.7 Å². The molecular weight excluding hydrogens is 326 g/mol. The molecule has 1 aromatic carbocycles. The van der Waals surface area contributed by atoms with Crippen LogP contribution in [0.5, 0.6) is 0 Å². The molecule has 1 heterocycles. The number of ether oxygens (including phenoxy) is 1. The van der Waals surface area contributed by atoms with Gasteiger partial charge in [-0.15, -0.1) is 0 Å². The molecule has 1 N–H and O–H groups in total. The highest BCUT2D eigenvalue weighted by Gasteiger charge is 2.38. The fourth-order valence-electron chi connectivity index (χ4n) is 2.84. The zero-order valence-electron chi connectivity index (χ0n) is 14.6. The zero-order chi connectivity index (χ0) is 18.7. The number of nitrogens with one attached hydrogen (secondary N) is 1. The van der Waals surface area contributed by atoms with E-state index < -0.39 is 23.0 Å². The average molecular weight is 347 g/mol. The number of nitro groups is 1. The number of nitrogens with zero attached hydrogens (tertiary/aromatic N) is 2. The van der Waals surface area contributed by atoms with Crippen LogP contribution in [0, 0.1) is 10.1 Å². The van der Waals surface area contributed by atoms with Crippen molar-refractivity contribution in [2.45, 2.75) is 39.8 Å². The average Bonchev–Trinajstić information content (AvgIpc) is 2.53. The number of carbonyl (C=O) groups excluding carboxylic acids is 2. The summed E-state index contributed by atoms with van der Waals surface area (Å²) in [4.78, 5) is 37.2. The van der Waals surface area contributed by atoms with Gasteiger partial charge in [0.1, 0.15) is 0 Å². The summed E-state index contributed by atoms with van der Waals surface area (Å²) in [6, 6.07) is 4.68. The molecule has 8 nitrogen and oxygen atoms in total. The van der Waals surface area contributed by atoms with E-state index in [1.54, 1.807) is 33.8 Å². The molecule has 1 aliphatic heterocycles. The number of hydrogen-bond donors (Lipinski definition) is 1. The number of amides is 2. The summed E-state index contributed by atoms with van der Waals surface area (Å²) in [5.74, 6) is -0.603. The fraction of sp³-hybridized carbons (Fsp3) is 0.412. The molecule has 8 heteroatoms. The van der Waals surface area contributed by atoms with Gasteiger partial charge in [-0.1, -0.05) is 12.1 Å². The summed E-state index contributed by atoms with van der Waals surface area (Å²) < 4.78 is 5.30. The molecule has 0 bridgehead atoms. The number of urea groups is 1. The number of rotatable bonds is 5. The number of carbonyl (C=O) groups is 2. The first kappa shape index (κ1) is 18.4. The molecule has 0 saturated heterocycles. The van der Waals surface area contributed by atoms with Gasteiger partial charge in [0, 0.05) is 18.3 Å². The molecular formula is C17H21N3O5. The van der Waals surface area contributed by atoms with E-state index in [1.807, 2.05) is 0 Å². The van der Waals surface area contributed by atoms with E-state index in [0.717, 1.165) is 0 Å². The molecule has 0 saturated carbocycles. The van der Waals surface area contributed by atoms with Crippen LogP contribution in [-0.4, -0.2) is 34.5 Å². The van der Waals surface area contributed by atoms with E-state index in [4.69, 9.17) is 4.74 Å². The minimum absolute atomic E-state index is 0.166. The number of hydrogen-bond acceptors (Lipinski definition) is 5. The van der Waals surface area contributed by atoms with Crippen LogP contribution >= 0.6 is 0 Å². The first-order valence-corrected chi connectivity index (χ1v) is 8.01. The van der Waals surface area contributed by atoms with E-state index in [-0.39, 0.29) is 22.9 Å². The van der Waals surface area contributed by atoms with E-state index in [2.05, 4.69) is 5.32 Å². The van der Waals surface area contributed by atoms with Crippen molar-refractivity contribution in [1.82, 2.24) is 10.2 Å². The molecule has 1 aliphatic rings. The van der Waals surface area contributed by atoms with Gasteiger partial charge in [-0.05, 0) is 33.8 Å². The van der Waals surface area contributed by atoms with Crippen LogP contribution in [-0.2, 0) is 9.53 Å². The highest BCUT2D eigenvalue weighted by atomic mass is 16.6. The Morgan fingerprint density at radius 2 is 2.04 bits per heavy atom. The second-order valence-corrected chi connectivity index (χ2v) is 5.90. The lowest BCUT2D eigenvalue weighted by molar-refractivity contribution is -0.385. The van der Waals surface area contributed by atoms with Gasteiger partial charge >= 0.3 is 12.0 Å². The summed E-state index contributed by atoms with van der Waals surface area (Å²) in [5.41, 5.74) is 0.705. The number of allylic oxidation sites excluding steroid dienone is 1. The lowest BCUT2D eigenvalue weighted by atomic mass is 9.93. The Morgan fingerprint density at radius 3 is 2.60 bits per heavy atom. The van der Waals surface area contributed by atoms with Crippen molar-refractivity contribution in [3.63, 3.8) is 0 Å². The fourth-order valence-corrected chi connectivity index (χ4v) is 2.84. The molecule has 0 aliphatic carbocycles. The lowest BCUT2D eigenvalue weighted by Crippen LogP contribution is -2.48. The molecule has 0 aromatic heterocycles. The van der Waals surface area contributed by atoms with Crippen molar-refractivity contribution in [2.75, 3.05) is 6.54 Å². The van der Waals surface area contributed by atoms with Crippen LogP contribution < -0.4 is 5.32 Å². The van der Waals surface area contributed by atoms with Crippen LogP contribution in [0.2, 0.25) is 0 Å². The SMILES string of the molecule is CCN1C(=O)N[C@H](c2ccccc2[N+](=O)[O-])C(C(=O)OC(C)C)=C1C. The first-order valence-electron chi connectivity index (χ1n) is 8.01. The standard InChI is InChI=1S/C17H21N3O5/c1-5-19-11(4)14(16(21)25-10(2)3)15(18-17(19)22)12-8-6-7-9-13(12)20(23)24/h6-10,15H,5H2,1-4H3,(H,18,22)/t15-/m1/s1. The van der Waals surface area contributed by atoms with Gasteiger partial charge in [0.05, 0.1) is 28.2 Å². The largest absolute Gasteiger partial charge is 0.459 e. The van der Waals surface area contributed by atoms with Crippen molar-refractivity contribution in [1.29, 1.82) is 0 Å². The van der Waals surface area contributed by atoms with E-state index >= 15 is 0 Å². The number of benzene rings is 1. The predicted octanol–water partition coefficient (Wildman–Crippen LogP) is 2.91. The monoisotopic (exact) mass is 347 g/mol. The topological polar surface area (TPSA) is 102 Å². The third-order valence-electron chi connectivity index (χ3n) is 3.92. The van der Waals surface area contributed by atoms with Crippen molar-refractivity contribution in [3.8, 4) is 0 Å². The molecule has 134 valence electrons. The van der Waals surface area contributed by atoms with Gasteiger partial charge in [-0.25, -0.2) is 9.59 Å². The van der Waals surface area contributed by atoms with E-state index in [1.165, 1.54) is 23.1 Å². The van der Waals surface area contributed by atoms with Gasteiger partial charge < -0.3 is 10.1 Å². The highest BCUT2D eigenvalue weighted by Crippen LogP contribution is 2.35. The predicted molar refractivity (Wildman–Crippen MR) is 90.7 cm³/mol. The van der Waals surface area contributed by atoms with Gasteiger partial charge in [-0.3, -0.25) is 15.0 Å². The molecule has 1 atom stereocenters. The Labute approximate surface area is 145 Å². The second kappa shape index (κ2) is 7.33. The molecule has 2 rings (SSSR count).